The number of carbonyl (C=O) groups is 1. The lowest BCUT2D eigenvalue weighted by atomic mass is 9.93. The number of aromatic nitrogens is 1. The van der Waals surface area contributed by atoms with Gasteiger partial charge in [-0.2, -0.15) is 0 Å². The van der Waals surface area contributed by atoms with Crippen molar-refractivity contribution < 1.29 is 4.79 Å². The molecule has 1 atom stereocenters. The van der Waals surface area contributed by atoms with Crippen molar-refractivity contribution in [2.45, 2.75) is 39.2 Å². The second kappa shape index (κ2) is 4.64. The lowest BCUT2D eigenvalue weighted by molar-refractivity contribution is -0.132. The minimum Gasteiger partial charge on any atom is -0.336 e. The van der Waals surface area contributed by atoms with Crippen LogP contribution < -0.4 is 0 Å². The van der Waals surface area contributed by atoms with Gasteiger partial charge in [0.2, 0.25) is 5.91 Å². The molecule has 3 heteroatoms. The Balaban J connectivity index is 2.30. The first-order valence-corrected chi connectivity index (χ1v) is 5.88. The third-order valence-electron chi connectivity index (χ3n) is 3.33. The van der Waals surface area contributed by atoms with Gasteiger partial charge in [-0.25, -0.2) is 0 Å². The van der Waals surface area contributed by atoms with E-state index < -0.39 is 0 Å². The predicted octanol–water partition coefficient (Wildman–Crippen LogP) is 2.46. The molecule has 3 nitrogen and oxygen atoms in total. The maximum atomic E-state index is 11.6. The van der Waals surface area contributed by atoms with Gasteiger partial charge in [0.15, 0.2) is 0 Å². The number of likely N-dealkylation sites (tertiary alicyclic amines) is 1. The normalized spacial score (nSPS) is 20.9. The Morgan fingerprint density at radius 3 is 3.00 bits per heavy atom. The van der Waals surface area contributed by atoms with Crippen LogP contribution in [0.1, 0.15) is 43.4 Å². The van der Waals surface area contributed by atoms with E-state index in [4.69, 9.17) is 0 Å². The summed E-state index contributed by atoms with van der Waals surface area (Å²) in [5.74, 6) is 0.181. The van der Waals surface area contributed by atoms with E-state index in [0.29, 0.717) is 0 Å². The van der Waals surface area contributed by atoms with Gasteiger partial charge in [0.25, 0.3) is 0 Å². The summed E-state index contributed by atoms with van der Waals surface area (Å²) in [5, 5.41) is 0. The molecule has 1 aromatic heterocycles. The van der Waals surface area contributed by atoms with E-state index in [9.17, 15) is 4.79 Å². The van der Waals surface area contributed by atoms with Crippen molar-refractivity contribution in [3.05, 3.63) is 29.6 Å². The number of amides is 1. The number of aryl methyl sites for hydroxylation is 1. The smallest absolute Gasteiger partial charge is 0.219 e. The predicted molar refractivity (Wildman–Crippen MR) is 63.0 cm³/mol. The quantitative estimate of drug-likeness (QED) is 0.725. The first-order chi connectivity index (χ1) is 7.70. The van der Waals surface area contributed by atoms with Crippen LogP contribution in [0.5, 0.6) is 0 Å². The molecule has 1 fully saturated rings. The van der Waals surface area contributed by atoms with Crippen molar-refractivity contribution in [3.8, 4) is 0 Å². The van der Waals surface area contributed by atoms with Crippen LogP contribution in [-0.2, 0) is 4.79 Å². The minimum atomic E-state index is 0.181. The van der Waals surface area contributed by atoms with Crippen LogP contribution in [0.2, 0.25) is 0 Å². The Hall–Kier alpha value is -1.38. The van der Waals surface area contributed by atoms with Gasteiger partial charge in [0.1, 0.15) is 0 Å². The van der Waals surface area contributed by atoms with E-state index in [-0.39, 0.29) is 11.9 Å². The highest BCUT2D eigenvalue weighted by Crippen LogP contribution is 2.32. The molecule has 0 radical (unpaired) electrons. The zero-order valence-corrected chi connectivity index (χ0v) is 9.94. The molecule has 0 unspecified atom stereocenters. The summed E-state index contributed by atoms with van der Waals surface area (Å²) in [4.78, 5) is 17.7. The molecule has 2 heterocycles. The minimum absolute atomic E-state index is 0.181. The molecular formula is C13H18N2O. The van der Waals surface area contributed by atoms with Gasteiger partial charge in [-0.1, -0.05) is 0 Å². The fraction of sp³-hybridized carbons (Fsp3) is 0.538. The Morgan fingerprint density at radius 2 is 2.31 bits per heavy atom. The van der Waals surface area contributed by atoms with Crippen LogP contribution in [0, 0.1) is 6.92 Å². The Bertz CT molecular complexity index is 389. The molecule has 0 spiro atoms. The van der Waals surface area contributed by atoms with Crippen molar-refractivity contribution in [3.63, 3.8) is 0 Å². The zero-order chi connectivity index (χ0) is 11.5. The number of hydrogen-bond donors (Lipinski definition) is 0. The first-order valence-electron chi connectivity index (χ1n) is 5.88. The second-order valence-corrected chi connectivity index (χ2v) is 4.46. The molecule has 16 heavy (non-hydrogen) atoms. The molecule has 1 aliphatic heterocycles. The van der Waals surface area contributed by atoms with Gasteiger partial charge in [-0.15, -0.1) is 0 Å². The number of rotatable bonds is 1. The summed E-state index contributed by atoms with van der Waals surface area (Å²) in [6, 6.07) is 2.30. The highest BCUT2D eigenvalue weighted by atomic mass is 16.2. The number of piperidine rings is 1. The van der Waals surface area contributed by atoms with Crippen LogP contribution in [0.25, 0.3) is 0 Å². The molecule has 1 amide bonds. The van der Waals surface area contributed by atoms with Gasteiger partial charge < -0.3 is 4.90 Å². The lowest BCUT2D eigenvalue weighted by Crippen LogP contribution is -2.37. The van der Waals surface area contributed by atoms with Crippen molar-refractivity contribution >= 4 is 5.91 Å². The number of carbonyl (C=O) groups excluding carboxylic acids is 1. The molecule has 1 saturated heterocycles. The molecule has 0 aromatic carbocycles. The Morgan fingerprint density at radius 1 is 1.50 bits per heavy atom. The second-order valence-electron chi connectivity index (χ2n) is 4.46. The average molecular weight is 218 g/mol. The van der Waals surface area contributed by atoms with Crippen molar-refractivity contribution in [2.24, 2.45) is 0 Å². The van der Waals surface area contributed by atoms with Gasteiger partial charge in [-0.05, 0) is 43.4 Å². The van der Waals surface area contributed by atoms with Gasteiger partial charge in [-0.3, -0.25) is 9.78 Å². The van der Waals surface area contributed by atoms with E-state index in [0.717, 1.165) is 19.4 Å². The molecule has 1 aromatic rings. The van der Waals surface area contributed by atoms with Gasteiger partial charge in [0.05, 0.1) is 6.04 Å². The third-order valence-corrected chi connectivity index (χ3v) is 3.33. The standard InChI is InChI=1S/C13H18N2O/c1-10-9-14-7-6-12(10)13-5-3-4-8-15(13)11(2)16/h6-7,9,13H,3-5,8H2,1-2H3/t13-/m1/s1. The number of pyridine rings is 1. The maximum Gasteiger partial charge on any atom is 0.219 e. The summed E-state index contributed by atoms with van der Waals surface area (Å²) < 4.78 is 0. The molecule has 0 bridgehead atoms. The molecule has 0 saturated carbocycles. The molecular weight excluding hydrogens is 200 g/mol. The summed E-state index contributed by atoms with van der Waals surface area (Å²) in [6.45, 7) is 4.62. The first kappa shape index (κ1) is 11.1. The van der Waals surface area contributed by atoms with E-state index in [2.05, 4.69) is 11.9 Å². The molecule has 0 aliphatic carbocycles. The summed E-state index contributed by atoms with van der Waals surface area (Å²) in [7, 11) is 0. The van der Waals surface area contributed by atoms with E-state index >= 15 is 0 Å². The van der Waals surface area contributed by atoms with Crippen LogP contribution in [0.4, 0.5) is 0 Å². The number of hydrogen-bond acceptors (Lipinski definition) is 2. The SMILES string of the molecule is CC(=O)N1CCCC[C@@H]1c1ccncc1C. The zero-order valence-electron chi connectivity index (χ0n) is 9.94. The van der Waals surface area contributed by atoms with E-state index in [1.165, 1.54) is 17.5 Å². The van der Waals surface area contributed by atoms with Gasteiger partial charge in [0, 0.05) is 25.9 Å². The lowest BCUT2D eigenvalue weighted by Gasteiger charge is -2.36. The number of nitrogens with zero attached hydrogens (tertiary/aromatic N) is 2. The monoisotopic (exact) mass is 218 g/mol. The third kappa shape index (κ3) is 2.08. The van der Waals surface area contributed by atoms with E-state index in [1.807, 2.05) is 23.4 Å². The largest absolute Gasteiger partial charge is 0.336 e. The van der Waals surface area contributed by atoms with Crippen LogP contribution >= 0.6 is 0 Å². The Kier molecular flexibility index (Phi) is 3.22. The molecule has 1 aliphatic rings. The summed E-state index contributed by atoms with van der Waals surface area (Å²) >= 11 is 0. The topological polar surface area (TPSA) is 33.2 Å². The van der Waals surface area contributed by atoms with Crippen LogP contribution in [0.15, 0.2) is 18.5 Å². The highest BCUT2D eigenvalue weighted by Gasteiger charge is 2.26. The fourth-order valence-corrected chi connectivity index (χ4v) is 2.49. The summed E-state index contributed by atoms with van der Waals surface area (Å²) in [5.41, 5.74) is 2.44. The van der Waals surface area contributed by atoms with Crippen molar-refractivity contribution in [1.29, 1.82) is 0 Å². The van der Waals surface area contributed by atoms with Gasteiger partial charge >= 0.3 is 0 Å². The fourth-order valence-electron chi connectivity index (χ4n) is 2.49. The molecule has 2 rings (SSSR count). The van der Waals surface area contributed by atoms with E-state index in [1.54, 1.807) is 6.92 Å². The molecule has 0 N–H and O–H groups in total. The van der Waals surface area contributed by atoms with Crippen molar-refractivity contribution in [1.82, 2.24) is 9.88 Å². The molecule has 86 valence electrons. The Labute approximate surface area is 96.5 Å². The highest BCUT2D eigenvalue weighted by molar-refractivity contribution is 5.74. The summed E-state index contributed by atoms with van der Waals surface area (Å²) in [6.07, 6.45) is 7.10. The van der Waals surface area contributed by atoms with Crippen LogP contribution in [-0.4, -0.2) is 22.3 Å². The average Bonchev–Trinajstić information content (AvgIpc) is 2.29. The van der Waals surface area contributed by atoms with Crippen LogP contribution in [0.3, 0.4) is 0 Å². The maximum absolute atomic E-state index is 11.6. The van der Waals surface area contributed by atoms with Crippen molar-refractivity contribution in [2.75, 3.05) is 6.54 Å².